The maximum atomic E-state index is 12.9. The zero-order valence-electron chi connectivity index (χ0n) is 10.7. The van der Waals surface area contributed by atoms with Crippen LogP contribution in [0.1, 0.15) is 10.4 Å². The highest BCUT2D eigenvalue weighted by atomic mass is 32.2. The van der Waals surface area contributed by atoms with E-state index in [0.29, 0.717) is 17.8 Å². The highest BCUT2D eigenvalue weighted by Crippen LogP contribution is 2.36. The first-order chi connectivity index (χ1) is 9.65. The lowest BCUT2D eigenvalue weighted by molar-refractivity contribution is 0.0987. The molecule has 0 aliphatic carbocycles. The van der Waals surface area contributed by atoms with E-state index >= 15 is 0 Å². The molecule has 1 amide bonds. The Morgan fingerprint density at radius 3 is 2.70 bits per heavy atom. The third-order valence-corrected chi connectivity index (χ3v) is 4.23. The van der Waals surface area contributed by atoms with E-state index in [-0.39, 0.29) is 11.7 Å². The van der Waals surface area contributed by atoms with Crippen molar-refractivity contribution in [1.29, 1.82) is 0 Å². The molecule has 0 bridgehead atoms. The Morgan fingerprint density at radius 1 is 1.20 bits per heavy atom. The molecule has 5 heteroatoms. The Bertz CT molecular complexity index is 657. The summed E-state index contributed by atoms with van der Waals surface area (Å²) in [5, 5.41) is 0. The largest absolute Gasteiger partial charge is 0.399 e. The smallest absolute Gasteiger partial charge is 0.258 e. The minimum absolute atomic E-state index is 0.128. The Morgan fingerprint density at radius 2 is 1.95 bits per heavy atom. The summed E-state index contributed by atoms with van der Waals surface area (Å²) in [6.45, 7) is 0.622. The molecule has 0 saturated carbocycles. The molecule has 3 nitrogen and oxygen atoms in total. The van der Waals surface area contributed by atoms with Gasteiger partial charge in [0.15, 0.2) is 0 Å². The number of rotatable bonds is 1. The van der Waals surface area contributed by atoms with Gasteiger partial charge in [0.25, 0.3) is 5.91 Å². The zero-order valence-corrected chi connectivity index (χ0v) is 11.5. The van der Waals surface area contributed by atoms with Crippen LogP contribution in [-0.4, -0.2) is 18.2 Å². The van der Waals surface area contributed by atoms with Crippen molar-refractivity contribution in [3.8, 4) is 0 Å². The van der Waals surface area contributed by atoms with E-state index in [9.17, 15) is 9.18 Å². The molecule has 0 fully saturated rings. The van der Waals surface area contributed by atoms with Crippen molar-refractivity contribution in [2.24, 2.45) is 0 Å². The normalized spacial score (nSPS) is 13.9. The van der Waals surface area contributed by atoms with E-state index in [4.69, 9.17) is 5.73 Å². The SMILES string of the molecule is Nc1ccc2c(c1)N(C(=O)c1ccc(F)cc1)CCS2. The maximum absolute atomic E-state index is 12.9. The lowest BCUT2D eigenvalue weighted by atomic mass is 10.1. The number of carbonyl (C=O) groups is 1. The van der Waals surface area contributed by atoms with E-state index in [2.05, 4.69) is 0 Å². The third-order valence-electron chi connectivity index (χ3n) is 3.18. The van der Waals surface area contributed by atoms with Crippen LogP contribution in [-0.2, 0) is 0 Å². The van der Waals surface area contributed by atoms with Gasteiger partial charge >= 0.3 is 0 Å². The fourth-order valence-electron chi connectivity index (χ4n) is 2.19. The molecule has 0 unspecified atom stereocenters. The number of fused-ring (bicyclic) bond motifs is 1. The van der Waals surface area contributed by atoms with Crippen LogP contribution >= 0.6 is 11.8 Å². The fraction of sp³-hybridized carbons (Fsp3) is 0.133. The monoisotopic (exact) mass is 288 g/mol. The van der Waals surface area contributed by atoms with Crippen LogP contribution in [0.5, 0.6) is 0 Å². The van der Waals surface area contributed by atoms with Gasteiger partial charge in [-0.3, -0.25) is 4.79 Å². The summed E-state index contributed by atoms with van der Waals surface area (Å²) in [4.78, 5) is 15.3. The second-order valence-corrected chi connectivity index (χ2v) is 5.68. The molecule has 1 aliphatic rings. The number of amides is 1. The number of hydrogen-bond donors (Lipinski definition) is 1. The molecule has 20 heavy (non-hydrogen) atoms. The molecule has 1 heterocycles. The number of carbonyl (C=O) groups excluding carboxylic acids is 1. The molecule has 0 atom stereocenters. The van der Waals surface area contributed by atoms with Gasteiger partial charge in [-0.05, 0) is 42.5 Å². The van der Waals surface area contributed by atoms with Crippen molar-refractivity contribution >= 4 is 29.0 Å². The summed E-state index contributed by atoms with van der Waals surface area (Å²) in [7, 11) is 0. The van der Waals surface area contributed by atoms with E-state index in [1.54, 1.807) is 16.7 Å². The van der Waals surface area contributed by atoms with Crippen LogP contribution < -0.4 is 10.6 Å². The standard InChI is InChI=1S/C15H13FN2OS/c16-11-3-1-10(2-4-11)15(19)18-7-8-20-14-6-5-12(17)9-13(14)18/h1-6,9H,7-8,17H2. The predicted molar refractivity (Wildman–Crippen MR) is 79.7 cm³/mol. The number of hydrogen-bond acceptors (Lipinski definition) is 3. The lowest BCUT2D eigenvalue weighted by Crippen LogP contribution is -2.35. The number of nitrogens with two attached hydrogens (primary N) is 1. The molecule has 3 rings (SSSR count). The molecule has 0 saturated heterocycles. The number of nitrogen functional groups attached to an aromatic ring is 1. The Labute approximate surface area is 120 Å². The van der Waals surface area contributed by atoms with Crippen LogP contribution in [0.2, 0.25) is 0 Å². The molecule has 1 aliphatic heterocycles. The number of thioether (sulfide) groups is 1. The van der Waals surface area contributed by atoms with Gasteiger partial charge in [-0.15, -0.1) is 11.8 Å². The Kier molecular flexibility index (Phi) is 3.36. The third kappa shape index (κ3) is 2.36. The summed E-state index contributed by atoms with van der Waals surface area (Å²) >= 11 is 1.71. The van der Waals surface area contributed by atoms with Crippen LogP contribution in [0, 0.1) is 5.82 Å². The van der Waals surface area contributed by atoms with Crippen molar-refractivity contribution in [3.05, 3.63) is 53.8 Å². The van der Waals surface area contributed by atoms with Crippen LogP contribution in [0.3, 0.4) is 0 Å². The average molecular weight is 288 g/mol. The quantitative estimate of drug-likeness (QED) is 0.820. The van der Waals surface area contributed by atoms with E-state index in [1.807, 2.05) is 18.2 Å². The maximum Gasteiger partial charge on any atom is 0.258 e. The Hall–Kier alpha value is -2.01. The average Bonchev–Trinajstić information content (AvgIpc) is 2.46. The number of anilines is 2. The highest BCUT2D eigenvalue weighted by molar-refractivity contribution is 7.99. The summed E-state index contributed by atoms with van der Waals surface area (Å²) in [5.41, 5.74) is 7.74. The lowest BCUT2D eigenvalue weighted by Gasteiger charge is -2.29. The molecule has 2 aromatic carbocycles. The van der Waals surface area contributed by atoms with Crippen molar-refractivity contribution in [2.75, 3.05) is 22.9 Å². The van der Waals surface area contributed by atoms with Crippen molar-refractivity contribution in [2.45, 2.75) is 4.90 Å². The minimum Gasteiger partial charge on any atom is -0.399 e. The van der Waals surface area contributed by atoms with Crippen molar-refractivity contribution in [1.82, 2.24) is 0 Å². The van der Waals surface area contributed by atoms with Gasteiger partial charge in [-0.25, -0.2) is 4.39 Å². The van der Waals surface area contributed by atoms with Gasteiger partial charge in [-0.2, -0.15) is 0 Å². The number of nitrogens with zero attached hydrogens (tertiary/aromatic N) is 1. The van der Waals surface area contributed by atoms with Crippen LogP contribution in [0.4, 0.5) is 15.8 Å². The first kappa shape index (κ1) is 13.0. The van der Waals surface area contributed by atoms with Crippen molar-refractivity contribution < 1.29 is 9.18 Å². The first-order valence-electron chi connectivity index (χ1n) is 6.25. The summed E-state index contributed by atoms with van der Waals surface area (Å²) in [5.74, 6) is 0.363. The van der Waals surface area contributed by atoms with Gasteiger partial charge < -0.3 is 10.6 Å². The first-order valence-corrected chi connectivity index (χ1v) is 7.23. The van der Waals surface area contributed by atoms with Gasteiger partial charge in [0.2, 0.25) is 0 Å². The van der Waals surface area contributed by atoms with Gasteiger partial charge in [0.1, 0.15) is 5.82 Å². The molecular weight excluding hydrogens is 275 g/mol. The van der Waals surface area contributed by atoms with Crippen LogP contribution in [0.15, 0.2) is 47.4 Å². The minimum atomic E-state index is -0.347. The van der Waals surface area contributed by atoms with Gasteiger partial charge in [0.05, 0.1) is 5.69 Å². The zero-order chi connectivity index (χ0) is 14.1. The van der Waals surface area contributed by atoms with E-state index in [0.717, 1.165) is 16.3 Å². The molecule has 2 N–H and O–H groups in total. The van der Waals surface area contributed by atoms with Gasteiger partial charge in [-0.1, -0.05) is 0 Å². The second kappa shape index (κ2) is 5.17. The topological polar surface area (TPSA) is 46.3 Å². The summed E-state index contributed by atoms with van der Waals surface area (Å²) in [6, 6.07) is 11.2. The van der Waals surface area contributed by atoms with E-state index in [1.165, 1.54) is 24.3 Å². The molecule has 0 spiro atoms. The Balaban J connectivity index is 1.97. The predicted octanol–water partition coefficient (Wildman–Crippen LogP) is 3.16. The van der Waals surface area contributed by atoms with Crippen molar-refractivity contribution in [3.63, 3.8) is 0 Å². The number of benzene rings is 2. The number of halogens is 1. The molecular formula is C15H13FN2OS. The molecule has 2 aromatic rings. The van der Waals surface area contributed by atoms with E-state index < -0.39 is 0 Å². The van der Waals surface area contributed by atoms with Gasteiger partial charge in [0, 0.05) is 28.4 Å². The van der Waals surface area contributed by atoms with Crippen LogP contribution in [0.25, 0.3) is 0 Å². The second-order valence-electron chi connectivity index (χ2n) is 4.54. The highest BCUT2D eigenvalue weighted by Gasteiger charge is 2.24. The molecule has 0 aromatic heterocycles. The summed E-state index contributed by atoms with van der Waals surface area (Å²) in [6.07, 6.45) is 0. The summed E-state index contributed by atoms with van der Waals surface area (Å²) < 4.78 is 12.9. The molecule has 102 valence electrons. The fourth-order valence-corrected chi connectivity index (χ4v) is 3.17. The molecule has 0 radical (unpaired) electrons.